The predicted octanol–water partition coefficient (Wildman–Crippen LogP) is 2.17. The van der Waals surface area contributed by atoms with E-state index in [1.54, 1.807) is 13.8 Å². The van der Waals surface area contributed by atoms with E-state index in [-0.39, 0.29) is 18.9 Å². The molecule has 7 heteroatoms. The molecule has 1 aromatic carbocycles. The van der Waals surface area contributed by atoms with Crippen molar-refractivity contribution in [1.82, 2.24) is 10.6 Å². The number of nitrogens with one attached hydrogen (secondary N) is 2. The Morgan fingerprint density at radius 3 is 2.35 bits per heavy atom. The Bertz CT molecular complexity index is 616. The summed E-state index contributed by atoms with van der Waals surface area (Å²) < 4.78 is 9.80. The molecule has 0 aliphatic rings. The molecule has 0 fully saturated rings. The summed E-state index contributed by atoms with van der Waals surface area (Å²) in [5.74, 6) is -1.28. The van der Waals surface area contributed by atoms with Gasteiger partial charge in [0.2, 0.25) is 5.91 Å². The third-order valence-corrected chi connectivity index (χ3v) is 3.64. The van der Waals surface area contributed by atoms with Crippen molar-refractivity contribution in [3.05, 3.63) is 48.6 Å². The van der Waals surface area contributed by atoms with Crippen molar-refractivity contribution in [2.24, 2.45) is 5.92 Å². The van der Waals surface area contributed by atoms with E-state index in [9.17, 15) is 14.4 Å². The summed E-state index contributed by atoms with van der Waals surface area (Å²) in [6.45, 7) is 7.21. The minimum atomic E-state index is -0.853. The van der Waals surface area contributed by atoms with E-state index in [1.165, 1.54) is 13.2 Å². The molecule has 0 aliphatic heterocycles. The average Bonchev–Trinajstić information content (AvgIpc) is 2.63. The molecule has 142 valence electrons. The molecule has 2 atom stereocenters. The van der Waals surface area contributed by atoms with Crippen molar-refractivity contribution in [2.45, 2.75) is 39.0 Å². The molecule has 26 heavy (non-hydrogen) atoms. The third kappa shape index (κ3) is 6.96. The quantitative estimate of drug-likeness (QED) is 0.519. The van der Waals surface area contributed by atoms with Gasteiger partial charge in [0.05, 0.1) is 7.11 Å². The summed E-state index contributed by atoms with van der Waals surface area (Å²) in [7, 11) is 1.24. The fourth-order valence-corrected chi connectivity index (χ4v) is 2.21. The largest absolute Gasteiger partial charge is 0.467 e. The second-order valence-corrected chi connectivity index (χ2v) is 6.04. The maximum absolute atomic E-state index is 12.5. The number of methoxy groups -OCH3 is 1. The number of alkyl carbamates (subject to hydrolysis) is 1. The molecule has 2 N–H and O–H groups in total. The van der Waals surface area contributed by atoms with Crippen molar-refractivity contribution in [3.63, 3.8) is 0 Å². The van der Waals surface area contributed by atoms with Crippen molar-refractivity contribution < 1.29 is 23.9 Å². The van der Waals surface area contributed by atoms with E-state index in [0.717, 1.165) is 5.56 Å². The molecule has 0 saturated carbocycles. The van der Waals surface area contributed by atoms with Crippen LogP contribution in [0.4, 0.5) is 4.79 Å². The smallest absolute Gasteiger partial charge is 0.408 e. The fourth-order valence-electron chi connectivity index (χ4n) is 2.21. The van der Waals surface area contributed by atoms with Crippen molar-refractivity contribution >= 4 is 18.0 Å². The summed E-state index contributed by atoms with van der Waals surface area (Å²) in [6, 6.07) is 7.50. The molecule has 2 amide bonds. The van der Waals surface area contributed by atoms with Crippen LogP contribution in [-0.2, 0) is 25.7 Å². The Balaban J connectivity index is 2.65. The molecule has 1 aromatic rings. The highest BCUT2D eigenvalue weighted by atomic mass is 16.5. The van der Waals surface area contributed by atoms with Crippen LogP contribution >= 0.6 is 0 Å². The van der Waals surface area contributed by atoms with Gasteiger partial charge in [0, 0.05) is 0 Å². The molecule has 0 bridgehead atoms. The SMILES string of the molecule is C=CC[C@H](NC(=O)[C@@H](NC(=O)OCc1ccccc1)C(C)C)C(=O)OC. The van der Waals surface area contributed by atoms with Crippen LogP contribution in [0.25, 0.3) is 0 Å². The lowest BCUT2D eigenvalue weighted by Crippen LogP contribution is -2.53. The maximum atomic E-state index is 12.5. The molecular weight excluding hydrogens is 336 g/mol. The number of esters is 1. The van der Waals surface area contributed by atoms with Gasteiger partial charge in [-0.05, 0) is 17.9 Å². The fraction of sp³-hybridized carbons (Fsp3) is 0.421. The zero-order chi connectivity index (χ0) is 19.5. The number of carbonyl (C=O) groups is 3. The van der Waals surface area contributed by atoms with Crippen LogP contribution in [0.5, 0.6) is 0 Å². The van der Waals surface area contributed by atoms with Gasteiger partial charge in [0.1, 0.15) is 18.7 Å². The van der Waals surface area contributed by atoms with Crippen LogP contribution in [0.3, 0.4) is 0 Å². The van der Waals surface area contributed by atoms with Crippen LogP contribution < -0.4 is 10.6 Å². The minimum Gasteiger partial charge on any atom is -0.467 e. The highest BCUT2D eigenvalue weighted by molar-refractivity contribution is 5.89. The Hall–Kier alpha value is -2.83. The number of rotatable bonds is 9. The number of amides is 2. The van der Waals surface area contributed by atoms with E-state index in [0.29, 0.717) is 0 Å². The van der Waals surface area contributed by atoms with E-state index in [4.69, 9.17) is 4.74 Å². The van der Waals surface area contributed by atoms with Gasteiger partial charge >= 0.3 is 12.1 Å². The maximum Gasteiger partial charge on any atom is 0.408 e. The standard InChI is InChI=1S/C19H26N2O5/c1-5-9-15(18(23)25-4)20-17(22)16(13(2)3)21-19(24)26-12-14-10-7-6-8-11-14/h5-8,10-11,13,15-16H,1,9,12H2,2-4H3,(H,20,22)(H,21,24)/t15-,16-/m0/s1. The van der Waals surface area contributed by atoms with Gasteiger partial charge in [-0.3, -0.25) is 4.79 Å². The van der Waals surface area contributed by atoms with E-state index >= 15 is 0 Å². The first kappa shape index (κ1) is 21.2. The number of hydrogen-bond donors (Lipinski definition) is 2. The highest BCUT2D eigenvalue weighted by Gasteiger charge is 2.29. The number of hydrogen-bond acceptors (Lipinski definition) is 5. The lowest BCUT2D eigenvalue weighted by Gasteiger charge is -2.24. The Kier molecular flexibility index (Phi) is 8.91. The zero-order valence-electron chi connectivity index (χ0n) is 15.4. The molecule has 0 radical (unpaired) electrons. The van der Waals surface area contributed by atoms with Crippen molar-refractivity contribution in [1.29, 1.82) is 0 Å². The number of benzene rings is 1. The molecule has 0 aliphatic carbocycles. The van der Waals surface area contributed by atoms with E-state index in [1.807, 2.05) is 30.3 Å². The lowest BCUT2D eigenvalue weighted by molar-refractivity contribution is -0.145. The molecule has 7 nitrogen and oxygen atoms in total. The van der Waals surface area contributed by atoms with Gasteiger partial charge in [0.15, 0.2) is 0 Å². The second kappa shape index (κ2) is 10.9. The molecule has 0 aromatic heterocycles. The lowest BCUT2D eigenvalue weighted by atomic mass is 10.0. The average molecular weight is 362 g/mol. The number of ether oxygens (including phenoxy) is 2. The summed E-state index contributed by atoms with van der Waals surface area (Å²) in [5, 5.41) is 5.11. The molecule has 0 saturated heterocycles. The minimum absolute atomic E-state index is 0.0976. The molecule has 0 heterocycles. The second-order valence-electron chi connectivity index (χ2n) is 6.04. The first-order chi connectivity index (χ1) is 12.4. The molecule has 0 spiro atoms. The summed E-state index contributed by atoms with van der Waals surface area (Å²) in [6.07, 6.45) is 1.02. The van der Waals surface area contributed by atoms with Gasteiger partial charge in [-0.15, -0.1) is 6.58 Å². The summed E-state index contributed by atoms with van der Waals surface area (Å²) >= 11 is 0. The summed E-state index contributed by atoms with van der Waals surface area (Å²) in [4.78, 5) is 36.2. The monoisotopic (exact) mass is 362 g/mol. The van der Waals surface area contributed by atoms with Crippen LogP contribution in [-0.4, -0.2) is 37.2 Å². The number of carbonyl (C=O) groups excluding carboxylic acids is 3. The normalized spacial score (nSPS) is 12.6. The highest BCUT2D eigenvalue weighted by Crippen LogP contribution is 2.06. The topological polar surface area (TPSA) is 93.7 Å². The molecular formula is C19H26N2O5. The van der Waals surface area contributed by atoms with Crippen LogP contribution in [0.2, 0.25) is 0 Å². The van der Waals surface area contributed by atoms with Gasteiger partial charge in [0.25, 0.3) is 0 Å². The van der Waals surface area contributed by atoms with Crippen LogP contribution in [0.1, 0.15) is 25.8 Å². The van der Waals surface area contributed by atoms with Crippen LogP contribution in [0, 0.1) is 5.92 Å². The van der Waals surface area contributed by atoms with Gasteiger partial charge in [-0.25, -0.2) is 9.59 Å². The third-order valence-electron chi connectivity index (χ3n) is 3.64. The first-order valence-corrected chi connectivity index (χ1v) is 8.35. The van der Waals surface area contributed by atoms with E-state index < -0.39 is 30.1 Å². The molecule has 0 unspecified atom stereocenters. The van der Waals surface area contributed by atoms with Gasteiger partial charge < -0.3 is 20.1 Å². The Labute approximate surface area is 153 Å². The predicted molar refractivity (Wildman–Crippen MR) is 97.1 cm³/mol. The molecule has 1 rings (SSSR count). The zero-order valence-corrected chi connectivity index (χ0v) is 15.4. The van der Waals surface area contributed by atoms with Crippen molar-refractivity contribution in [2.75, 3.05) is 7.11 Å². The van der Waals surface area contributed by atoms with Gasteiger partial charge in [-0.1, -0.05) is 50.3 Å². The Morgan fingerprint density at radius 2 is 1.81 bits per heavy atom. The van der Waals surface area contributed by atoms with Gasteiger partial charge in [-0.2, -0.15) is 0 Å². The summed E-state index contributed by atoms with van der Waals surface area (Å²) in [5.41, 5.74) is 0.838. The van der Waals surface area contributed by atoms with Crippen LogP contribution in [0.15, 0.2) is 43.0 Å². The first-order valence-electron chi connectivity index (χ1n) is 8.35. The van der Waals surface area contributed by atoms with Crippen molar-refractivity contribution in [3.8, 4) is 0 Å². The Morgan fingerprint density at radius 1 is 1.15 bits per heavy atom. The van der Waals surface area contributed by atoms with E-state index in [2.05, 4.69) is 21.9 Å².